The molecule has 2 rings (SSSR count). The smallest absolute Gasteiger partial charge is 0.308 e. The Hall–Kier alpha value is -1.84. The molecule has 1 aliphatic rings. The number of aliphatic carboxylic acids is 1. The molecule has 1 fully saturated rings. The topological polar surface area (TPSA) is 57.6 Å². The van der Waals surface area contributed by atoms with Gasteiger partial charge in [0, 0.05) is 19.0 Å². The van der Waals surface area contributed by atoms with Crippen molar-refractivity contribution in [2.75, 3.05) is 6.54 Å². The molecule has 1 saturated heterocycles. The summed E-state index contributed by atoms with van der Waals surface area (Å²) in [6, 6.07) is 8.19. The summed E-state index contributed by atoms with van der Waals surface area (Å²) in [7, 11) is 0. The summed E-state index contributed by atoms with van der Waals surface area (Å²) in [6.07, 6.45) is 1.71. The second kappa shape index (κ2) is 6.95. The summed E-state index contributed by atoms with van der Waals surface area (Å²) in [6.45, 7) is 6.71. The lowest BCUT2D eigenvalue weighted by molar-refractivity contribution is -0.143. The lowest BCUT2D eigenvalue weighted by Gasteiger charge is -2.23. The highest BCUT2D eigenvalue weighted by Gasteiger charge is 2.37. The molecular formula is C18H25NO3. The number of rotatable bonds is 5. The molecular weight excluding hydrogens is 278 g/mol. The van der Waals surface area contributed by atoms with Crippen LogP contribution in [-0.2, 0) is 16.0 Å². The van der Waals surface area contributed by atoms with Gasteiger partial charge >= 0.3 is 5.97 Å². The highest BCUT2D eigenvalue weighted by Crippen LogP contribution is 2.25. The van der Waals surface area contributed by atoms with Crippen molar-refractivity contribution in [1.29, 1.82) is 0 Å². The average molecular weight is 303 g/mol. The van der Waals surface area contributed by atoms with Gasteiger partial charge in [0.05, 0.1) is 5.92 Å². The number of carbonyl (C=O) groups excluding carboxylic acids is 1. The largest absolute Gasteiger partial charge is 0.481 e. The van der Waals surface area contributed by atoms with Gasteiger partial charge in [0.1, 0.15) is 0 Å². The highest BCUT2D eigenvalue weighted by atomic mass is 16.4. The van der Waals surface area contributed by atoms with E-state index in [0.717, 1.165) is 5.56 Å². The molecule has 4 nitrogen and oxygen atoms in total. The van der Waals surface area contributed by atoms with Gasteiger partial charge in [-0.05, 0) is 36.8 Å². The molecule has 0 aliphatic carbocycles. The summed E-state index contributed by atoms with van der Waals surface area (Å²) >= 11 is 0. The minimum atomic E-state index is -0.799. The number of benzene rings is 1. The first-order valence-corrected chi connectivity index (χ1v) is 8.01. The zero-order chi connectivity index (χ0) is 16.3. The van der Waals surface area contributed by atoms with Gasteiger partial charge in [-0.1, -0.05) is 38.1 Å². The van der Waals surface area contributed by atoms with E-state index in [1.165, 1.54) is 5.56 Å². The van der Waals surface area contributed by atoms with Crippen molar-refractivity contribution >= 4 is 11.9 Å². The van der Waals surface area contributed by atoms with Crippen LogP contribution in [0.3, 0.4) is 0 Å². The molecule has 1 N–H and O–H groups in total. The molecule has 0 aromatic heterocycles. The van der Waals surface area contributed by atoms with E-state index < -0.39 is 11.9 Å². The van der Waals surface area contributed by atoms with Gasteiger partial charge in [0.2, 0.25) is 5.91 Å². The molecule has 2 unspecified atom stereocenters. The molecule has 22 heavy (non-hydrogen) atoms. The molecule has 0 radical (unpaired) electrons. The lowest BCUT2D eigenvalue weighted by atomic mass is 10.00. The first kappa shape index (κ1) is 16.5. The third kappa shape index (κ3) is 3.67. The average Bonchev–Trinajstić information content (AvgIpc) is 2.87. The van der Waals surface area contributed by atoms with Crippen molar-refractivity contribution < 1.29 is 14.7 Å². The van der Waals surface area contributed by atoms with Crippen molar-refractivity contribution in [2.24, 2.45) is 5.92 Å². The second-order valence-electron chi connectivity index (χ2n) is 6.46. The van der Waals surface area contributed by atoms with Gasteiger partial charge in [-0.25, -0.2) is 0 Å². The van der Waals surface area contributed by atoms with E-state index in [4.69, 9.17) is 5.11 Å². The first-order chi connectivity index (χ1) is 10.4. The van der Waals surface area contributed by atoms with Crippen LogP contribution in [0.15, 0.2) is 24.3 Å². The first-order valence-electron chi connectivity index (χ1n) is 8.01. The van der Waals surface area contributed by atoms with E-state index in [1.807, 2.05) is 6.92 Å². The third-order valence-electron chi connectivity index (χ3n) is 4.67. The van der Waals surface area contributed by atoms with E-state index >= 15 is 0 Å². The minimum Gasteiger partial charge on any atom is -0.481 e. The van der Waals surface area contributed by atoms with Crippen LogP contribution in [0.1, 0.15) is 50.7 Å². The molecule has 0 bridgehead atoms. The van der Waals surface area contributed by atoms with Crippen LogP contribution < -0.4 is 0 Å². The van der Waals surface area contributed by atoms with Crippen molar-refractivity contribution in [1.82, 2.24) is 4.90 Å². The van der Waals surface area contributed by atoms with Crippen LogP contribution in [0, 0.1) is 5.92 Å². The molecule has 0 saturated carbocycles. The van der Waals surface area contributed by atoms with Crippen molar-refractivity contribution in [3.8, 4) is 0 Å². The summed E-state index contributed by atoms with van der Waals surface area (Å²) in [5, 5.41) is 9.12. The molecule has 1 heterocycles. The summed E-state index contributed by atoms with van der Waals surface area (Å²) < 4.78 is 0. The molecule has 0 spiro atoms. The van der Waals surface area contributed by atoms with Crippen LogP contribution in [-0.4, -0.2) is 34.5 Å². The maximum atomic E-state index is 12.3. The van der Waals surface area contributed by atoms with Gasteiger partial charge < -0.3 is 10.0 Å². The van der Waals surface area contributed by atoms with Gasteiger partial charge in [-0.3, -0.25) is 9.59 Å². The standard InChI is InChI=1S/C18H25NO3/c1-12(2)15-7-4-14(5-8-15)6-9-17(20)19-11-10-16(13(19)3)18(21)22/h4-5,7-8,12-13,16H,6,9-11H2,1-3H3,(H,21,22). The zero-order valence-electron chi connectivity index (χ0n) is 13.6. The van der Waals surface area contributed by atoms with Crippen LogP contribution in [0.5, 0.6) is 0 Å². The van der Waals surface area contributed by atoms with Crippen LogP contribution in [0.25, 0.3) is 0 Å². The number of carboxylic acids is 1. The van der Waals surface area contributed by atoms with Gasteiger partial charge in [-0.2, -0.15) is 0 Å². The minimum absolute atomic E-state index is 0.0594. The van der Waals surface area contributed by atoms with Crippen LogP contribution in [0.2, 0.25) is 0 Å². The number of aryl methyl sites for hydroxylation is 1. The van der Waals surface area contributed by atoms with Gasteiger partial charge in [0.15, 0.2) is 0 Å². The SMILES string of the molecule is CC(C)c1ccc(CCC(=O)N2CCC(C(=O)O)C2C)cc1. The Kier molecular flexibility index (Phi) is 5.22. The van der Waals surface area contributed by atoms with Crippen LogP contribution >= 0.6 is 0 Å². The molecule has 2 atom stereocenters. The lowest BCUT2D eigenvalue weighted by Crippen LogP contribution is -2.37. The number of hydrogen-bond donors (Lipinski definition) is 1. The Balaban J connectivity index is 1.89. The molecule has 1 aromatic carbocycles. The summed E-state index contributed by atoms with van der Waals surface area (Å²) in [5.41, 5.74) is 2.45. The maximum Gasteiger partial charge on any atom is 0.308 e. The van der Waals surface area contributed by atoms with E-state index in [9.17, 15) is 9.59 Å². The fraction of sp³-hybridized carbons (Fsp3) is 0.556. The Bertz CT molecular complexity index is 536. The number of nitrogens with zero attached hydrogens (tertiary/aromatic N) is 1. The Morgan fingerprint density at radius 1 is 1.27 bits per heavy atom. The molecule has 4 heteroatoms. The fourth-order valence-corrected chi connectivity index (χ4v) is 3.09. The monoisotopic (exact) mass is 303 g/mol. The second-order valence-corrected chi connectivity index (χ2v) is 6.46. The third-order valence-corrected chi connectivity index (χ3v) is 4.67. The number of amides is 1. The highest BCUT2D eigenvalue weighted by molar-refractivity contribution is 5.79. The zero-order valence-corrected chi connectivity index (χ0v) is 13.6. The number of hydrogen-bond acceptors (Lipinski definition) is 2. The van der Waals surface area contributed by atoms with Crippen molar-refractivity contribution in [3.63, 3.8) is 0 Å². The maximum absolute atomic E-state index is 12.3. The molecule has 1 aromatic rings. The Morgan fingerprint density at radius 2 is 1.91 bits per heavy atom. The number of carboxylic acid groups (broad SMARTS) is 1. The number of likely N-dealkylation sites (tertiary alicyclic amines) is 1. The fourth-order valence-electron chi connectivity index (χ4n) is 3.09. The predicted octanol–water partition coefficient (Wildman–Crippen LogP) is 3.06. The normalized spacial score (nSPS) is 21.4. The van der Waals surface area contributed by atoms with Gasteiger partial charge in [-0.15, -0.1) is 0 Å². The number of carbonyl (C=O) groups is 2. The van der Waals surface area contributed by atoms with E-state index in [2.05, 4.69) is 38.1 Å². The Labute approximate surface area is 132 Å². The van der Waals surface area contributed by atoms with E-state index in [-0.39, 0.29) is 11.9 Å². The molecule has 120 valence electrons. The van der Waals surface area contributed by atoms with Gasteiger partial charge in [0.25, 0.3) is 0 Å². The summed E-state index contributed by atoms with van der Waals surface area (Å²) in [4.78, 5) is 25.1. The molecule has 1 aliphatic heterocycles. The quantitative estimate of drug-likeness (QED) is 0.909. The van der Waals surface area contributed by atoms with Crippen molar-refractivity contribution in [3.05, 3.63) is 35.4 Å². The Morgan fingerprint density at radius 3 is 2.41 bits per heavy atom. The van der Waals surface area contributed by atoms with E-state index in [0.29, 0.717) is 31.7 Å². The summed E-state index contributed by atoms with van der Waals surface area (Å²) in [5.74, 6) is -0.653. The predicted molar refractivity (Wildman–Crippen MR) is 85.8 cm³/mol. The van der Waals surface area contributed by atoms with E-state index in [1.54, 1.807) is 4.90 Å². The molecule has 1 amide bonds. The van der Waals surface area contributed by atoms with Crippen LogP contribution in [0.4, 0.5) is 0 Å². The van der Waals surface area contributed by atoms with Crippen molar-refractivity contribution in [2.45, 2.75) is 52.0 Å².